The lowest BCUT2D eigenvalue weighted by molar-refractivity contribution is 1.19. The molecule has 0 fully saturated rings. The number of fused-ring (bicyclic) bond motifs is 13. The Bertz CT molecular complexity index is 3170. The zero-order valence-electron chi connectivity index (χ0n) is 27.5. The Morgan fingerprint density at radius 1 is 0.373 bits per heavy atom. The van der Waals surface area contributed by atoms with Crippen LogP contribution in [0.5, 0.6) is 0 Å². The summed E-state index contributed by atoms with van der Waals surface area (Å²) in [7, 11) is 0. The SMILES string of the molecule is c1cc(-c2cccc(-n3c4ccccc4c4ccc5c6nccnc6c6ccccc6c5c43)c2)cc(-c2cc3ccccc3c3ncccc23)c1. The molecule has 0 bridgehead atoms. The van der Waals surface area contributed by atoms with Crippen LogP contribution in [0.15, 0.2) is 170 Å². The van der Waals surface area contributed by atoms with Gasteiger partial charge in [0.05, 0.1) is 27.6 Å². The van der Waals surface area contributed by atoms with Gasteiger partial charge in [-0.25, -0.2) is 0 Å². The maximum Gasteiger partial charge on any atom is 0.0972 e. The second-order valence-electron chi connectivity index (χ2n) is 13.2. The lowest BCUT2D eigenvalue weighted by atomic mass is 9.93. The summed E-state index contributed by atoms with van der Waals surface area (Å²) in [6, 6.07) is 54.7. The first-order valence-electron chi connectivity index (χ1n) is 17.3. The normalized spacial score (nSPS) is 11.9. The third-order valence-electron chi connectivity index (χ3n) is 10.5. The Labute approximate surface area is 292 Å². The zero-order valence-corrected chi connectivity index (χ0v) is 27.5. The van der Waals surface area contributed by atoms with Crippen molar-refractivity contribution in [3.8, 4) is 27.9 Å². The van der Waals surface area contributed by atoms with Crippen LogP contribution in [0.3, 0.4) is 0 Å². The predicted molar refractivity (Wildman–Crippen MR) is 213 cm³/mol. The van der Waals surface area contributed by atoms with E-state index in [0.717, 1.165) is 49.5 Å². The van der Waals surface area contributed by atoms with Gasteiger partial charge in [0.2, 0.25) is 0 Å². The van der Waals surface area contributed by atoms with E-state index in [2.05, 4.69) is 150 Å². The zero-order chi connectivity index (χ0) is 33.5. The van der Waals surface area contributed by atoms with Crippen molar-refractivity contribution in [3.05, 3.63) is 170 Å². The molecular weight excluding hydrogens is 621 g/mol. The summed E-state index contributed by atoms with van der Waals surface area (Å²) in [6.07, 6.45) is 5.47. The molecule has 0 unspecified atom stereocenters. The molecule has 0 aliphatic heterocycles. The number of pyridine rings is 1. The van der Waals surface area contributed by atoms with Crippen molar-refractivity contribution in [2.45, 2.75) is 0 Å². The third-order valence-corrected chi connectivity index (χ3v) is 10.5. The molecule has 8 aromatic carbocycles. The van der Waals surface area contributed by atoms with Gasteiger partial charge in [-0.1, -0.05) is 115 Å². The molecule has 4 nitrogen and oxygen atoms in total. The van der Waals surface area contributed by atoms with Crippen molar-refractivity contribution >= 4 is 76.1 Å². The molecule has 0 amide bonds. The highest BCUT2D eigenvalue weighted by Crippen LogP contribution is 2.43. The molecule has 0 aliphatic rings. The van der Waals surface area contributed by atoms with Crippen LogP contribution in [0.2, 0.25) is 0 Å². The van der Waals surface area contributed by atoms with Crippen molar-refractivity contribution in [2.24, 2.45) is 0 Å². The third kappa shape index (κ3) is 4.11. The van der Waals surface area contributed by atoms with Gasteiger partial charge in [-0.05, 0) is 69.4 Å². The van der Waals surface area contributed by atoms with Gasteiger partial charge in [0.15, 0.2) is 0 Å². The van der Waals surface area contributed by atoms with Crippen LogP contribution in [0.1, 0.15) is 0 Å². The smallest absolute Gasteiger partial charge is 0.0972 e. The van der Waals surface area contributed by atoms with E-state index in [-0.39, 0.29) is 0 Å². The Hall–Kier alpha value is -6.91. The average molecular weight is 649 g/mol. The molecule has 4 heteroatoms. The Kier molecular flexibility index (Phi) is 5.92. The van der Waals surface area contributed by atoms with Crippen molar-refractivity contribution in [3.63, 3.8) is 0 Å². The molecule has 11 aromatic rings. The number of benzene rings is 8. The molecule has 0 saturated carbocycles. The van der Waals surface area contributed by atoms with Gasteiger partial charge < -0.3 is 4.57 Å². The highest BCUT2D eigenvalue weighted by molar-refractivity contribution is 6.32. The molecule has 51 heavy (non-hydrogen) atoms. The Balaban J connectivity index is 1.16. The van der Waals surface area contributed by atoms with Crippen molar-refractivity contribution < 1.29 is 0 Å². The molecule has 11 rings (SSSR count). The van der Waals surface area contributed by atoms with Gasteiger partial charge in [-0.2, -0.15) is 0 Å². The lowest BCUT2D eigenvalue weighted by Gasteiger charge is -2.15. The summed E-state index contributed by atoms with van der Waals surface area (Å²) < 4.78 is 2.44. The van der Waals surface area contributed by atoms with Gasteiger partial charge in [0.25, 0.3) is 0 Å². The van der Waals surface area contributed by atoms with E-state index in [9.17, 15) is 0 Å². The Morgan fingerprint density at radius 2 is 1.02 bits per heavy atom. The summed E-state index contributed by atoms with van der Waals surface area (Å²) in [5.74, 6) is 0. The van der Waals surface area contributed by atoms with E-state index < -0.39 is 0 Å². The highest BCUT2D eigenvalue weighted by Gasteiger charge is 2.20. The first kappa shape index (κ1) is 28.0. The first-order chi connectivity index (χ1) is 25.3. The van der Waals surface area contributed by atoms with Crippen LogP contribution in [0, 0.1) is 0 Å². The van der Waals surface area contributed by atoms with Gasteiger partial charge in [-0.3, -0.25) is 15.0 Å². The topological polar surface area (TPSA) is 43.6 Å². The summed E-state index contributed by atoms with van der Waals surface area (Å²) in [5.41, 5.74) is 11.0. The van der Waals surface area contributed by atoms with E-state index in [0.29, 0.717) is 0 Å². The second-order valence-corrected chi connectivity index (χ2v) is 13.2. The van der Waals surface area contributed by atoms with Crippen molar-refractivity contribution in [1.82, 2.24) is 19.5 Å². The summed E-state index contributed by atoms with van der Waals surface area (Å²) in [5, 5.41) is 10.5. The van der Waals surface area contributed by atoms with Crippen LogP contribution < -0.4 is 0 Å². The van der Waals surface area contributed by atoms with E-state index in [1.54, 1.807) is 12.4 Å². The largest absolute Gasteiger partial charge is 0.309 e. The lowest BCUT2D eigenvalue weighted by Crippen LogP contribution is -1.96. The summed E-state index contributed by atoms with van der Waals surface area (Å²) in [6.45, 7) is 0. The van der Waals surface area contributed by atoms with Gasteiger partial charge in [0, 0.05) is 62.0 Å². The maximum absolute atomic E-state index is 4.87. The average Bonchev–Trinajstić information content (AvgIpc) is 3.55. The predicted octanol–water partition coefficient (Wildman–Crippen LogP) is 12.1. The number of hydrogen-bond donors (Lipinski definition) is 0. The minimum Gasteiger partial charge on any atom is -0.309 e. The van der Waals surface area contributed by atoms with Crippen LogP contribution in [-0.2, 0) is 0 Å². The quantitative estimate of drug-likeness (QED) is 0.179. The standard InChI is InChI=1S/C47H28N4/c1-2-15-34-32(10-1)28-41(38-19-9-23-48-44(34)38)31-13-7-11-29(26-31)30-12-8-14-33(27-30)51-42-20-6-5-16-35(42)39-21-22-40-43(47(39)51)36-17-3-4-18-37(36)45-46(40)50-25-24-49-45/h1-28H. The van der Waals surface area contributed by atoms with E-state index in [4.69, 9.17) is 15.0 Å². The highest BCUT2D eigenvalue weighted by atomic mass is 15.0. The van der Waals surface area contributed by atoms with E-state index >= 15 is 0 Å². The van der Waals surface area contributed by atoms with Crippen LogP contribution >= 0.6 is 0 Å². The van der Waals surface area contributed by atoms with Gasteiger partial charge in [-0.15, -0.1) is 0 Å². The fraction of sp³-hybridized carbons (Fsp3) is 0. The van der Waals surface area contributed by atoms with Crippen LogP contribution in [0.25, 0.3) is 104 Å². The second kappa shape index (κ2) is 10.8. The first-order valence-corrected chi connectivity index (χ1v) is 17.3. The number of rotatable bonds is 3. The fourth-order valence-electron chi connectivity index (χ4n) is 8.27. The molecular formula is C47H28N4. The molecule has 3 heterocycles. The molecule has 0 aliphatic carbocycles. The summed E-state index contributed by atoms with van der Waals surface area (Å²) in [4.78, 5) is 14.5. The molecule has 236 valence electrons. The van der Waals surface area contributed by atoms with Crippen molar-refractivity contribution in [2.75, 3.05) is 0 Å². The maximum atomic E-state index is 4.87. The molecule has 0 N–H and O–H groups in total. The number of nitrogens with zero attached hydrogens (tertiary/aromatic N) is 4. The minimum absolute atomic E-state index is 0.923. The Morgan fingerprint density at radius 3 is 1.90 bits per heavy atom. The van der Waals surface area contributed by atoms with Crippen LogP contribution in [0.4, 0.5) is 0 Å². The van der Waals surface area contributed by atoms with E-state index in [1.807, 2.05) is 12.3 Å². The fourth-order valence-corrected chi connectivity index (χ4v) is 8.27. The minimum atomic E-state index is 0.923. The molecule has 0 atom stereocenters. The molecule has 0 spiro atoms. The molecule has 3 aromatic heterocycles. The monoisotopic (exact) mass is 648 g/mol. The van der Waals surface area contributed by atoms with Crippen LogP contribution in [-0.4, -0.2) is 19.5 Å². The van der Waals surface area contributed by atoms with E-state index in [1.165, 1.54) is 54.5 Å². The van der Waals surface area contributed by atoms with Gasteiger partial charge >= 0.3 is 0 Å². The number of hydrogen-bond acceptors (Lipinski definition) is 3. The van der Waals surface area contributed by atoms with Crippen molar-refractivity contribution in [1.29, 1.82) is 0 Å². The molecule has 0 saturated heterocycles. The van der Waals surface area contributed by atoms with Gasteiger partial charge in [0.1, 0.15) is 0 Å². The number of aromatic nitrogens is 4. The molecule has 0 radical (unpaired) electrons. The summed E-state index contributed by atoms with van der Waals surface area (Å²) >= 11 is 0. The number of para-hydroxylation sites is 1.